The van der Waals surface area contributed by atoms with Crippen LogP contribution >= 0.6 is 0 Å². The molecule has 5 nitrogen and oxygen atoms in total. The summed E-state index contributed by atoms with van der Waals surface area (Å²) in [4.78, 5) is 14.2. The molecule has 2 atom stereocenters. The molecular weight excluding hydrogens is 230 g/mol. The Balaban J connectivity index is 1.72. The molecule has 0 radical (unpaired) electrons. The number of nitrogens with one attached hydrogen (secondary N) is 2. The summed E-state index contributed by atoms with van der Waals surface area (Å²) in [6.07, 6.45) is 1.89. The quantitative estimate of drug-likeness (QED) is 0.743. The molecule has 2 fully saturated rings. The Morgan fingerprint density at radius 1 is 1.28 bits per heavy atom. The van der Waals surface area contributed by atoms with Gasteiger partial charge in [0, 0.05) is 44.4 Å². The second-order valence-corrected chi connectivity index (χ2v) is 5.62. The van der Waals surface area contributed by atoms with Crippen LogP contribution in [0.2, 0.25) is 0 Å². The summed E-state index contributed by atoms with van der Waals surface area (Å²) in [7, 11) is 0. The lowest BCUT2D eigenvalue weighted by Crippen LogP contribution is -2.56. The first-order valence-corrected chi connectivity index (χ1v) is 6.99. The van der Waals surface area contributed by atoms with Gasteiger partial charge in [0.1, 0.15) is 0 Å². The van der Waals surface area contributed by atoms with Crippen LogP contribution in [0.25, 0.3) is 0 Å². The zero-order chi connectivity index (χ0) is 13.0. The number of ether oxygens (including phenoxy) is 1. The number of nitrogens with zero attached hydrogens (tertiary/aromatic N) is 1. The maximum Gasteiger partial charge on any atom is 0.234 e. The van der Waals surface area contributed by atoms with E-state index in [1.54, 1.807) is 0 Å². The molecule has 0 aromatic carbocycles. The molecule has 18 heavy (non-hydrogen) atoms. The second kappa shape index (κ2) is 6.50. The van der Waals surface area contributed by atoms with Crippen molar-refractivity contribution in [2.45, 2.75) is 44.8 Å². The van der Waals surface area contributed by atoms with E-state index >= 15 is 0 Å². The fourth-order valence-corrected chi connectivity index (χ4v) is 2.89. The zero-order valence-corrected chi connectivity index (χ0v) is 11.4. The molecule has 0 aliphatic carbocycles. The van der Waals surface area contributed by atoms with Gasteiger partial charge in [-0.15, -0.1) is 0 Å². The minimum atomic E-state index is 0.156. The van der Waals surface area contributed by atoms with Crippen molar-refractivity contribution < 1.29 is 9.53 Å². The minimum Gasteiger partial charge on any atom is -0.381 e. The van der Waals surface area contributed by atoms with E-state index in [9.17, 15) is 4.79 Å². The van der Waals surface area contributed by atoms with E-state index in [1.807, 2.05) is 0 Å². The smallest absolute Gasteiger partial charge is 0.234 e. The van der Waals surface area contributed by atoms with Gasteiger partial charge in [-0.3, -0.25) is 9.69 Å². The molecule has 2 N–H and O–H groups in total. The largest absolute Gasteiger partial charge is 0.381 e. The lowest BCUT2D eigenvalue weighted by molar-refractivity contribution is -0.123. The van der Waals surface area contributed by atoms with E-state index in [0.29, 0.717) is 24.7 Å². The number of hydrogen-bond acceptors (Lipinski definition) is 4. The Labute approximate surface area is 109 Å². The van der Waals surface area contributed by atoms with Gasteiger partial charge in [0.15, 0.2) is 0 Å². The van der Waals surface area contributed by atoms with Crippen LogP contribution in [0.4, 0.5) is 0 Å². The molecule has 0 saturated carbocycles. The van der Waals surface area contributed by atoms with Crippen molar-refractivity contribution in [3.63, 3.8) is 0 Å². The van der Waals surface area contributed by atoms with Crippen molar-refractivity contribution >= 4 is 5.91 Å². The van der Waals surface area contributed by atoms with Gasteiger partial charge >= 0.3 is 0 Å². The summed E-state index contributed by atoms with van der Waals surface area (Å²) in [5.74, 6) is 0.156. The van der Waals surface area contributed by atoms with Gasteiger partial charge in [0.05, 0.1) is 6.54 Å². The Bertz CT molecular complexity index is 269. The third-order valence-electron chi connectivity index (χ3n) is 3.59. The topological polar surface area (TPSA) is 53.6 Å². The Kier molecular flexibility index (Phi) is 4.97. The van der Waals surface area contributed by atoms with Crippen molar-refractivity contribution in [1.29, 1.82) is 0 Å². The molecule has 2 aliphatic rings. The van der Waals surface area contributed by atoms with Crippen LogP contribution in [-0.2, 0) is 9.53 Å². The molecule has 0 bridgehead atoms. The van der Waals surface area contributed by atoms with E-state index in [-0.39, 0.29) is 5.91 Å². The maximum atomic E-state index is 12.0. The maximum absolute atomic E-state index is 12.0. The lowest BCUT2D eigenvalue weighted by Gasteiger charge is -2.36. The van der Waals surface area contributed by atoms with E-state index in [2.05, 4.69) is 29.4 Å². The number of amides is 1. The van der Waals surface area contributed by atoms with Crippen LogP contribution in [0.5, 0.6) is 0 Å². The number of carbonyl (C=O) groups is 1. The highest BCUT2D eigenvalue weighted by Crippen LogP contribution is 2.07. The van der Waals surface area contributed by atoms with Gasteiger partial charge in [-0.05, 0) is 26.7 Å². The molecule has 2 heterocycles. The third-order valence-corrected chi connectivity index (χ3v) is 3.59. The van der Waals surface area contributed by atoms with Crippen molar-refractivity contribution in [2.75, 3.05) is 32.8 Å². The predicted molar refractivity (Wildman–Crippen MR) is 70.5 cm³/mol. The first kappa shape index (κ1) is 13.8. The highest BCUT2D eigenvalue weighted by atomic mass is 16.5. The van der Waals surface area contributed by atoms with Crippen LogP contribution in [0, 0.1) is 0 Å². The standard InChI is InChI=1S/C13H25N3O2/c1-10-7-16(8-11(2)14-10)9-13(17)15-12-3-5-18-6-4-12/h10-12,14H,3-9H2,1-2H3,(H,15,17). The van der Waals surface area contributed by atoms with Crippen LogP contribution in [0.15, 0.2) is 0 Å². The summed E-state index contributed by atoms with van der Waals surface area (Å²) in [6, 6.07) is 1.23. The second-order valence-electron chi connectivity index (χ2n) is 5.62. The molecule has 104 valence electrons. The SMILES string of the molecule is CC1CN(CC(=O)NC2CCOCC2)CC(C)N1. The van der Waals surface area contributed by atoms with Crippen molar-refractivity contribution in [3.8, 4) is 0 Å². The average molecular weight is 255 g/mol. The number of hydrogen-bond donors (Lipinski definition) is 2. The van der Waals surface area contributed by atoms with Crippen LogP contribution in [-0.4, -0.2) is 61.8 Å². The first-order valence-electron chi connectivity index (χ1n) is 6.99. The number of piperazine rings is 1. The predicted octanol–water partition coefficient (Wildman–Crippen LogP) is -0.0362. The number of carbonyl (C=O) groups excluding carboxylic acids is 1. The molecule has 2 aliphatic heterocycles. The van der Waals surface area contributed by atoms with Gasteiger partial charge in [-0.2, -0.15) is 0 Å². The van der Waals surface area contributed by atoms with Gasteiger partial charge < -0.3 is 15.4 Å². The average Bonchev–Trinajstić information content (AvgIpc) is 2.28. The monoisotopic (exact) mass is 255 g/mol. The van der Waals surface area contributed by atoms with E-state index in [1.165, 1.54) is 0 Å². The summed E-state index contributed by atoms with van der Waals surface area (Å²) in [6.45, 7) is 8.29. The molecule has 2 rings (SSSR count). The summed E-state index contributed by atoms with van der Waals surface area (Å²) in [5.41, 5.74) is 0. The molecule has 1 amide bonds. The van der Waals surface area contributed by atoms with E-state index < -0.39 is 0 Å². The highest BCUT2D eigenvalue weighted by Gasteiger charge is 2.23. The molecule has 2 unspecified atom stereocenters. The molecule has 0 aromatic heterocycles. The van der Waals surface area contributed by atoms with Crippen LogP contribution in [0.1, 0.15) is 26.7 Å². The molecular formula is C13H25N3O2. The molecule has 0 spiro atoms. The molecule has 2 saturated heterocycles. The van der Waals surface area contributed by atoms with Crippen LogP contribution in [0.3, 0.4) is 0 Å². The van der Waals surface area contributed by atoms with Crippen molar-refractivity contribution in [3.05, 3.63) is 0 Å². The summed E-state index contributed by atoms with van der Waals surface area (Å²) >= 11 is 0. The molecule has 0 aromatic rings. The van der Waals surface area contributed by atoms with Crippen LogP contribution < -0.4 is 10.6 Å². The number of rotatable bonds is 3. The van der Waals surface area contributed by atoms with Gasteiger partial charge in [0.25, 0.3) is 0 Å². The lowest BCUT2D eigenvalue weighted by atomic mass is 10.1. The fraction of sp³-hybridized carbons (Fsp3) is 0.923. The zero-order valence-electron chi connectivity index (χ0n) is 11.4. The normalized spacial score (nSPS) is 31.2. The van der Waals surface area contributed by atoms with Crippen molar-refractivity contribution in [1.82, 2.24) is 15.5 Å². The Hall–Kier alpha value is -0.650. The Morgan fingerprint density at radius 3 is 2.50 bits per heavy atom. The minimum absolute atomic E-state index is 0.156. The third kappa shape index (κ3) is 4.23. The van der Waals surface area contributed by atoms with Gasteiger partial charge in [0.2, 0.25) is 5.91 Å². The van der Waals surface area contributed by atoms with E-state index in [4.69, 9.17) is 4.74 Å². The first-order chi connectivity index (χ1) is 8.63. The van der Waals surface area contributed by atoms with Gasteiger partial charge in [-0.25, -0.2) is 0 Å². The fourth-order valence-electron chi connectivity index (χ4n) is 2.89. The van der Waals surface area contributed by atoms with E-state index in [0.717, 1.165) is 39.1 Å². The van der Waals surface area contributed by atoms with Gasteiger partial charge in [-0.1, -0.05) is 0 Å². The summed E-state index contributed by atoms with van der Waals surface area (Å²) < 4.78 is 5.29. The van der Waals surface area contributed by atoms with Crippen molar-refractivity contribution in [2.24, 2.45) is 0 Å². The Morgan fingerprint density at radius 2 is 1.89 bits per heavy atom. The summed E-state index contributed by atoms with van der Waals surface area (Å²) in [5, 5.41) is 6.59. The molecule has 5 heteroatoms. The highest BCUT2D eigenvalue weighted by molar-refractivity contribution is 5.78.